The van der Waals surface area contributed by atoms with Gasteiger partial charge in [0.2, 0.25) is 0 Å². The lowest BCUT2D eigenvalue weighted by Gasteiger charge is -2.24. The molecule has 0 aliphatic rings. The molecule has 0 radical (unpaired) electrons. The third-order valence-corrected chi connectivity index (χ3v) is 3.36. The molecule has 1 aromatic heterocycles. The number of nitrogens with zero attached hydrogens (tertiary/aromatic N) is 2. The van der Waals surface area contributed by atoms with Crippen molar-refractivity contribution in [2.24, 2.45) is 7.05 Å². The number of anilines is 2. The van der Waals surface area contributed by atoms with Gasteiger partial charge in [-0.1, -0.05) is 0 Å². The smallest absolute Gasteiger partial charge is 0.0606 e. The molecule has 4 N–H and O–H groups in total. The second-order valence-corrected chi connectivity index (χ2v) is 4.71. The molecule has 0 saturated heterocycles. The van der Waals surface area contributed by atoms with Crippen molar-refractivity contribution in [3.05, 3.63) is 36.5 Å². The van der Waals surface area contributed by atoms with E-state index in [1.165, 1.54) is 0 Å². The van der Waals surface area contributed by atoms with E-state index >= 15 is 0 Å². The van der Waals surface area contributed by atoms with Crippen molar-refractivity contribution >= 4 is 11.4 Å². The molecule has 0 atom stereocenters. The second kappa shape index (κ2) is 6.45. The molecular weight excluding hydrogens is 254 g/mol. The van der Waals surface area contributed by atoms with Gasteiger partial charge in [0.1, 0.15) is 0 Å². The Balaban J connectivity index is 2.39. The molecule has 0 unspecified atom stereocenters. The minimum atomic E-state index is 0.0455. The van der Waals surface area contributed by atoms with E-state index in [9.17, 15) is 0 Å². The monoisotopic (exact) mass is 275 g/mol. The largest absolute Gasteiger partial charge is 0.398 e. The Morgan fingerprint density at radius 3 is 2.40 bits per heavy atom. The van der Waals surface area contributed by atoms with E-state index in [0.29, 0.717) is 18.8 Å². The number of aryl methyl sites for hydroxylation is 1. The highest BCUT2D eigenvalue weighted by Gasteiger charge is 2.11. The highest BCUT2D eigenvalue weighted by Crippen LogP contribution is 2.30. The fourth-order valence-electron chi connectivity index (χ4n) is 2.32. The molecule has 2 rings (SSSR count). The van der Waals surface area contributed by atoms with Gasteiger partial charge in [0.05, 0.1) is 13.2 Å². The molecule has 0 spiro atoms. The number of nitrogens with two attached hydrogens (primary N) is 1. The Bertz CT molecular complexity index is 560. The zero-order valence-electron chi connectivity index (χ0n) is 11.7. The van der Waals surface area contributed by atoms with Crippen molar-refractivity contribution in [2.75, 3.05) is 36.9 Å². The Hall–Kier alpha value is -1.98. The average Bonchev–Trinajstić information content (AvgIpc) is 2.85. The Labute approximate surface area is 118 Å². The van der Waals surface area contributed by atoms with Crippen LogP contribution in [0.3, 0.4) is 0 Å². The molecule has 0 aliphatic heterocycles. The van der Waals surface area contributed by atoms with Crippen molar-refractivity contribution in [2.45, 2.75) is 0 Å². The zero-order valence-corrected chi connectivity index (χ0v) is 11.7. The van der Waals surface area contributed by atoms with Crippen LogP contribution in [0.1, 0.15) is 0 Å². The molecule has 0 saturated carbocycles. The highest BCUT2D eigenvalue weighted by atomic mass is 16.3. The van der Waals surface area contributed by atoms with Gasteiger partial charge in [-0.25, -0.2) is 0 Å². The minimum Gasteiger partial charge on any atom is -0.398 e. The van der Waals surface area contributed by atoms with E-state index in [1.807, 2.05) is 53.0 Å². The first kappa shape index (κ1) is 14.4. The molecule has 0 amide bonds. The number of aromatic nitrogens is 1. The number of aliphatic hydroxyl groups is 2. The number of nitrogen functional groups attached to an aromatic ring is 1. The molecule has 0 bridgehead atoms. The fraction of sp³-hybridized carbons (Fsp3) is 0.333. The lowest BCUT2D eigenvalue weighted by Crippen LogP contribution is -2.29. The van der Waals surface area contributed by atoms with Crippen LogP contribution in [-0.2, 0) is 7.05 Å². The summed E-state index contributed by atoms with van der Waals surface area (Å²) in [5.74, 6) is 0. The lowest BCUT2D eigenvalue weighted by atomic mass is 10.1. The summed E-state index contributed by atoms with van der Waals surface area (Å²) < 4.78 is 2.01. The summed E-state index contributed by atoms with van der Waals surface area (Å²) in [5, 5.41) is 18.2. The van der Waals surface area contributed by atoms with E-state index in [4.69, 9.17) is 15.9 Å². The zero-order chi connectivity index (χ0) is 14.5. The van der Waals surface area contributed by atoms with Crippen LogP contribution in [0.2, 0.25) is 0 Å². The predicted molar refractivity (Wildman–Crippen MR) is 81.6 cm³/mol. The summed E-state index contributed by atoms with van der Waals surface area (Å²) >= 11 is 0. The van der Waals surface area contributed by atoms with Crippen LogP contribution in [0.4, 0.5) is 11.4 Å². The normalized spacial score (nSPS) is 10.8. The van der Waals surface area contributed by atoms with Gasteiger partial charge in [0, 0.05) is 49.0 Å². The minimum absolute atomic E-state index is 0.0455. The third-order valence-electron chi connectivity index (χ3n) is 3.36. The topological polar surface area (TPSA) is 74.6 Å². The van der Waals surface area contributed by atoms with E-state index < -0.39 is 0 Å². The third kappa shape index (κ3) is 2.95. The van der Waals surface area contributed by atoms with Gasteiger partial charge in [0.25, 0.3) is 0 Å². The number of rotatable bonds is 6. The summed E-state index contributed by atoms with van der Waals surface area (Å²) in [6.45, 7) is 1.06. The maximum atomic E-state index is 9.12. The average molecular weight is 275 g/mol. The van der Waals surface area contributed by atoms with Crippen molar-refractivity contribution in [3.8, 4) is 11.3 Å². The number of aliphatic hydroxyl groups excluding tert-OH is 2. The van der Waals surface area contributed by atoms with Crippen LogP contribution < -0.4 is 10.6 Å². The first-order valence-corrected chi connectivity index (χ1v) is 6.65. The lowest BCUT2D eigenvalue weighted by molar-refractivity contribution is 0.281. The quantitative estimate of drug-likeness (QED) is 0.689. The molecule has 20 heavy (non-hydrogen) atoms. The summed E-state index contributed by atoms with van der Waals surface area (Å²) in [4.78, 5) is 1.94. The van der Waals surface area contributed by atoms with E-state index in [0.717, 1.165) is 16.9 Å². The Morgan fingerprint density at radius 1 is 1.15 bits per heavy atom. The van der Waals surface area contributed by atoms with Crippen LogP contribution in [-0.4, -0.2) is 41.1 Å². The predicted octanol–water partition coefficient (Wildman–Crippen LogP) is 1.07. The van der Waals surface area contributed by atoms with E-state index in [2.05, 4.69) is 0 Å². The summed E-state index contributed by atoms with van der Waals surface area (Å²) in [6, 6.07) is 9.75. The van der Waals surface area contributed by atoms with Gasteiger partial charge in [0.15, 0.2) is 0 Å². The molecule has 108 valence electrons. The van der Waals surface area contributed by atoms with Crippen LogP contribution in [0.25, 0.3) is 11.3 Å². The fourth-order valence-corrected chi connectivity index (χ4v) is 2.32. The summed E-state index contributed by atoms with van der Waals surface area (Å²) in [6.07, 6.45) is 1.97. The maximum absolute atomic E-state index is 9.12. The van der Waals surface area contributed by atoms with Crippen molar-refractivity contribution < 1.29 is 10.2 Å². The molecular formula is C15H21N3O2. The molecule has 1 heterocycles. The molecule has 0 aliphatic carbocycles. The van der Waals surface area contributed by atoms with Gasteiger partial charge in [-0.15, -0.1) is 0 Å². The maximum Gasteiger partial charge on any atom is 0.0606 e. The van der Waals surface area contributed by atoms with Crippen molar-refractivity contribution in [1.82, 2.24) is 4.57 Å². The van der Waals surface area contributed by atoms with Crippen molar-refractivity contribution in [3.63, 3.8) is 0 Å². The number of hydrogen-bond donors (Lipinski definition) is 3. The Morgan fingerprint density at radius 2 is 1.85 bits per heavy atom. The molecule has 5 nitrogen and oxygen atoms in total. The van der Waals surface area contributed by atoms with Gasteiger partial charge in [-0.3, -0.25) is 0 Å². The number of benzene rings is 1. The molecule has 5 heteroatoms. The molecule has 2 aromatic rings. The highest BCUT2D eigenvalue weighted by molar-refractivity contribution is 5.78. The van der Waals surface area contributed by atoms with Crippen LogP contribution in [0, 0.1) is 0 Å². The van der Waals surface area contributed by atoms with Crippen LogP contribution >= 0.6 is 0 Å². The standard InChI is InChI=1S/C15H21N3O2/c1-17-6-2-3-15(17)13-11-12(4-5-14(13)16)18(7-9-19)8-10-20/h2-6,11,19-20H,7-10,16H2,1H3. The van der Waals surface area contributed by atoms with Crippen LogP contribution in [0.15, 0.2) is 36.5 Å². The van der Waals surface area contributed by atoms with E-state index in [1.54, 1.807) is 0 Å². The SMILES string of the molecule is Cn1cccc1-c1cc(N(CCO)CCO)ccc1N. The molecule has 0 fully saturated rings. The van der Waals surface area contributed by atoms with Crippen LogP contribution in [0.5, 0.6) is 0 Å². The second-order valence-electron chi connectivity index (χ2n) is 4.71. The van der Waals surface area contributed by atoms with Gasteiger partial charge >= 0.3 is 0 Å². The van der Waals surface area contributed by atoms with Gasteiger partial charge in [-0.2, -0.15) is 0 Å². The van der Waals surface area contributed by atoms with Gasteiger partial charge < -0.3 is 25.4 Å². The van der Waals surface area contributed by atoms with Gasteiger partial charge in [-0.05, 0) is 30.3 Å². The van der Waals surface area contributed by atoms with Crippen molar-refractivity contribution in [1.29, 1.82) is 0 Å². The Kier molecular flexibility index (Phi) is 4.65. The van der Waals surface area contributed by atoms with E-state index in [-0.39, 0.29) is 13.2 Å². The first-order chi connectivity index (χ1) is 9.67. The number of hydrogen-bond acceptors (Lipinski definition) is 4. The summed E-state index contributed by atoms with van der Waals surface area (Å²) in [5.41, 5.74) is 9.72. The summed E-state index contributed by atoms with van der Waals surface area (Å²) in [7, 11) is 1.97. The first-order valence-electron chi connectivity index (χ1n) is 6.65. The molecule has 1 aromatic carbocycles.